The van der Waals surface area contributed by atoms with Crippen LogP contribution in [0.15, 0.2) is 36.5 Å². The fraction of sp³-hybridized carbons (Fsp3) is 0.294. The number of hydrogen-bond acceptors (Lipinski definition) is 3. The smallest absolute Gasteiger partial charge is 0.129 e. The zero-order valence-corrected chi connectivity index (χ0v) is 12.0. The number of nitrogens with one attached hydrogen (secondary N) is 1. The number of benzene rings is 1. The van der Waals surface area contributed by atoms with Gasteiger partial charge in [0.1, 0.15) is 5.82 Å². The molecule has 0 atom stereocenters. The van der Waals surface area contributed by atoms with Crippen molar-refractivity contribution in [1.29, 1.82) is 0 Å². The van der Waals surface area contributed by atoms with Crippen molar-refractivity contribution < 1.29 is 0 Å². The molecule has 0 saturated carbocycles. The molecular weight excluding hydrogens is 246 g/mol. The maximum atomic E-state index is 4.84. The molecule has 0 aliphatic carbocycles. The minimum atomic E-state index is 0.882. The number of hydrogen-bond donors (Lipinski definition) is 1. The molecule has 3 heteroatoms. The monoisotopic (exact) mass is 265 g/mol. The Hall–Kier alpha value is -2.16. The van der Waals surface area contributed by atoms with Crippen molar-refractivity contribution in [2.75, 3.05) is 11.9 Å². The first-order valence-corrected chi connectivity index (χ1v) is 7.24. The molecule has 0 fully saturated rings. The maximum absolute atomic E-state index is 4.84. The van der Waals surface area contributed by atoms with E-state index in [4.69, 9.17) is 4.98 Å². The Kier molecular flexibility index (Phi) is 3.50. The molecule has 0 unspecified atom stereocenters. The number of aromatic nitrogens is 2. The van der Waals surface area contributed by atoms with Gasteiger partial charge in [-0.25, -0.2) is 4.98 Å². The average molecular weight is 265 g/mol. The van der Waals surface area contributed by atoms with Gasteiger partial charge in [-0.2, -0.15) is 0 Å². The minimum Gasteiger partial charge on any atom is -0.370 e. The van der Waals surface area contributed by atoms with Crippen LogP contribution in [0, 0.1) is 0 Å². The standard InChI is InChI=1S/C17H19N3/c1-3-6-14-11-13-9-8-12-7-5-10-19-15(12)16(13)20-17(14)18-4-2/h5,7-11H,3-4,6H2,1-2H3,(H,18,20). The summed E-state index contributed by atoms with van der Waals surface area (Å²) >= 11 is 0. The van der Waals surface area contributed by atoms with E-state index in [1.165, 1.54) is 10.9 Å². The number of pyridine rings is 2. The molecule has 2 heterocycles. The molecule has 0 bridgehead atoms. The van der Waals surface area contributed by atoms with Crippen molar-refractivity contribution in [3.63, 3.8) is 0 Å². The zero-order chi connectivity index (χ0) is 13.9. The SMILES string of the molecule is CCCc1cc2ccc3cccnc3c2nc1NCC. The first kappa shape index (κ1) is 12.9. The van der Waals surface area contributed by atoms with Gasteiger partial charge in [0, 0.05) is 23.5 Å². The number of nitrogens with zero attached hydrogens (tertiary/aromatic N) is 2. The van der Waals surface area contributed by atoms with E-state index in [-0.39, 0.29) is 0 Å². The Balaban J connectivity index is 2.29. The highest BCUT2D eigenvalue weighted by molar-refractivity contribution is 6.03. The normalized spacial score (nSPS) is 11.1. The lowest BCUT2D eigenvalue weighted by Gasteiger charge is -2.12. The van der Waals surface area contributed by atoms with E-state index in [9.17, 15) is 0 Å². The average Bonchev–Trinajstić information content (AvgIpc) is 2.48. The van der Waals surface area contributed by atoms with Crippen molar-refractivity contribution in [1.82, 2.24) is 9.97 Å². The predicted octanol–water partition coefficient (Wildman–Crippen LogP) is 4.17. The van der Waals surface area contributed by atoms with Gasteiger partial charge in [0.25, 0.3) is 0 Å². The second kappa shape index (κ2) is 5.45. The van der Waals surface area contributed by atoms with Crippen LogP contribution < -0.4 is 5.32 Å². The highest BCUT2D eigenvalue weighted by Gasteiger charge is 2.09. The Bertz CT molecular complexity index is 750. The molecule has 0 aliphatic rings. The van der Waals surface area contributed by atoms with Gasteiger partial charge >= 0.3 is 0 Å². The molecule has 3 rings (SSSR count). The summed E-state index contributed by atoms with van der Waals surface area (Å²) in [5.74, 6) is 1.00. The summed E-state index contributed by atoms with van der Waals surface area (Å²) < 4.78 is 0. The van der Waals surface area contributed by atoms with Crippen molar-refractivity contribution in [2.45, 2.75) is 26.7 Å². The molecule has 0 amide bonds. The van der Waals surface area contributed by atoms with Gasteiger partial charge in [-0.05, 0) is 31.0 Å². The molecule has 0 spiro atoms. The van der Waals surface area contributed by atoms with Gasteiger partial charge in [-0.3, -0.25) is 4.98 Å². The second-order valence-electron chi connectivity index (χ2n) is 4.99. The highest BCUT2D eigenvalue weighted by Crippen LogP contribution is 2.26. The number of rotatable bonds is 4. The Morgan fingerprint density at radius 2 is 1.90 bits per heavy atom. The Labute approximate surface area is 119 Å². The summed E-state index contributed by atoms with van der Waals surface area (Å²) in [5, 5.41) is 5.68. The molecule has 0 radical (unpaired) electrons. The third-order valence-electron chi connectivity index (χ3n) is 3.50. The summed E-state index contributed by atoms with van der Waals surface area (Å²) in [6.07, 6.45) is 4.00. The lowest BCUT2D eigenvalue weighted by atomic mass is 10.1. The molecule has 1 N–H and O–H groups in total. The quantitative estimate of drug-likeness (QED) is 0.719. The van der Waals surface area contributed by atoms with Crippen LogP contribution in [0.2, 0.25) is 0 Å². The van der Waals surface area contributed by atoms with Crippen molar-refractivity contribution in [2.24, 2.45) is 0 Å². The van der Waals surface area contributed by atoms with Gasteiger partial charge in [0.2, 0.25) is 0 Å². The van der Waals surface area contributed by atoms with E-state index in [1.807, 2.05) is 12.3 Å². The van der Waals surface area contributed by atoms with Crippen LogP contribution in [0.3, 0.4) is 0 Å². The predicted molar refractivity (Wildman–Crippen MR) is 85.2 cm³/mol. The third kappa shape index (κ3) is 2.20. The largest absolute Gasteiger partial charge is 0.370 e. The molecule has 0 aliphatic heterocycles. The lowest BCUT2D eigenvalue weighted by molar-refractivity contribution is 0.916. The van der Waals surface area contributed by atoms with Gasteiger partial charge in [-0.15, -0.1) is 0 Å². The molecule has 20 heavy (non-hydrogen) atoms. The zero-order valence-electron chi connectivity index (χ0n) is 12.0. The molecule has 2 aromatic heterocycles. The molecule has 102 valence electrons. The van der Waals surface area contributed by atoms with Crippen LogP contribution in [0.5, 0.6) is 0 Å². The van der Waals surface area contributed by atoms with Crippen LogP contribution in [0.1, 0.15) is 25.8 Å². The lowest BCUT2D eigenvalue weighted by Crippen LogP contribution is -2.04. The number of anilines is 1. The minimum absolute atomic E-state index is 0.882. The van der Waals surface area contributed by atoms with Crippen LogP contribution >= 0.6 is 0 Å². The fourth-order valence-electron chi connectivity index (χ4n) is 2.60. The summed E-state index contributed by atoms with van der Waals surface area (Å²) in [6, 6.07) is 10.6. The first-order valence-electron chi connectivity index (χ1n) is 7.24. The van der Waals surface area contributed by atoms with Crippen LogP contribution in [0.4, 0.5) is 5.82 Å². The van der Waals surface area contributed by atoms with E-state index >= 15 is 0 Å². The fourth-order valence-corrected chi connectivity index (χ4v) is 2.60. The van der Waals surface area contributed by atoms with Gasteiger partial charge in [0.05, 0.1) is 11.0 Å². The van der Waals surface area contributed by atoms with Crippen LogP contribution in [0.25, 0.3) is 21.8 Å². The second-order valence-corrected chi connectivity index (χ2v) is 4.99. The van der Waals surface area contributed by atoms with E-state index in [0.29, 0.717) is 0 Å². The summed E-state index contributed by atoms with van der Waals surface area (Å²) in [7, 11) is 0. The molecule has 3 nitrogen and oxygen atoms in total. The summed E-state index contributed by atoms with van der Waals surface area (Å²) in [5.41, 5.74) is 3.25. The van der Waals surface area contributed by atoms with E-state index in [2.05, 4.69) is 48.4 Å². The number of aryl methyl sites for hydroxylation is 1. The first-order chi connectivity index (χ1) is 9.83. The molecule has 0 saturated heterocycles. The topological polar surface area (TPSA) is 37.8 Å². The third-order valence-corrected chi connectivity index (χ3v) is 3.50. The maximum Gasteiger partial charge on any atom is 0.129 e. The van der Waals surface area contributed by atoms with Crippen molar-refractivity contribution in [3.8, 4) is 0 Å². The van der Waals surface area contributed by atoms with Gasteiger partial charge < -0.3 is 5.32 Å². The summed E-state index contributed by atoms with van der Waals surface area (Å²) in [4.78, 5) is 9.33. The number of fused-ring (bicyclic) bond motifs is 3. The molecule has 1 aromatic carbocycles. The van der Waals surface area contributed by atoms with Gasteiger partial charge in [0.15, 0.2) is 0 Å². The Morgan fingerprint density at radius 3 is 2.70 bits per heavy atom. The van der Waals surface area contributed by atoms with Crippen molar-refractivity contribution in [3.05, 3.63) is 42.1 Å². The van der Waals surface area contributed by atoms with E-state index in [1.54, 1.807) is 0 Å². The van der Waals surface area contributed by atoms with Gasteiger partial charge in [-0.1, -0.05) is 31.5 Å². The Morgan fingerprint density at radius 1 is 1.05 bits per heavy atom. The summed E-state index contributed by atoms with van der Waals surface area (Å²) in [6.45, 7) is 5.18. The molecular formula is C17H19N3. The van der Waals surface area contributed by atoms with Crippen LogP contribution in [-0.2, 0) is 6.42 Å². The molecule has 3 aromatic rings. The highest BCUT2D eigenvalue weighted by atomic mass is 15.0. The van der Waals surface area contributed by atoms with Crippen LogP contribution in [-0.4, -0.2) is 16.5 Å². The van der Waals surface area contributed by atoms with Crippen molar-refractivity contribution >= 4 is 27.6 Å². The van der Waals surface area contributed by atoms with E-state index < -0.39 is 0 Å². The van der Waals surface area contributed by atoms with E-state index in [0.717, 1.165) is 41.6 Å².